The van der Waals surface area contributed by atoms with Gasteiger partial charge in [-0.25, -0.2) is 0 Å². The van der Waals surface area contributed by atoms with Crippen LogP contribution in [0.25, 0.3) is 0 Å². The fourth-order valence-corrected chi connectivity index (χ4v) is 1.38. The van der Waals surface area contributed by atoms with Crippen molar-refractivity contribution in [1.82, 2.24) is 9.59 Å². The summed E-state index contributed by atoms with van der Waals surface area (Å²) in [6.45, 7) is 1.98. The van der Waals surface area contributed by atoms with Crippen LogP contribution in [0, 0.1) is 5.75 Å². The van der Waals surface area contributed by atoms with Gasteiger partial charge in [-0.2, -0.15) is 0 Å². The monoisotopic (exact) mass is 145 g/mol. The number of hydrogen-bond acceptors (Lipinski definition) is 4. The van der Waals surface area contributed by atoms with Gasteiger partial charge in [0.05, 0.1) is 0 Å². The fraction of sp³-hybridized carbons (Fsp3) is 0.250. The second kappa shape index (κ2) is 3.04. The molecule has 1 radical (unpaired) electrons. The Bertz CT molecular complexity index is 138. The third-order valence-corrected chi connectivity index (χ3v) is 1.91. The summed E-state index contributed by atoms with van der Waals surface area (Å²) in [7, 11) is 0. The minimum atomic E-state index is 0.984. The van der Waals surface area contributed by atoms with Crippen molar-refractivity contribution in [3.8, 4) is 0 Å². The molecule has 0 saturated carbocycles. The van der Waals surface area contributed by atoms with Gasteiger partial charge in [-0.1, -0.05) is 23.2 Å². The maximum absolute atomic E-state index is 3.81. The Hall–Kier alpha value is -0.0900. The van der Waals surface area contributed by atoms with Gasteiger partial charge in [0.15, 0.2) is 0 Å². The van der Waals surface area contributed by atoms with Crippen LogP contribution in [0.15, 0.2) is 10.4 Å². The van der Waals surface area contributed by atoms with Crippen LogP contribution >= 0.6 is 23.3 Å². The highest BCUT2D eigenvalue weighted by atomic mass is 32.2. The summed E-state index contributed by atoms with van der Waals surface area (Å²) in [6.07, 6.45) is 0. The van der Waals surface area contributed by atoms with Gasteiger partial charge in [0.25, 0.3) is 0 Å². The zero-order valence-corrected chi connectivity index (χ0v) is 6.00. The average molecular weight is 145 g/mol. The van der Waals surface area contributed by atoms with E-state index < -0.39 is 0 Å². The Balaban J connectivity index is 2.50. The summed E-state index contributed by atoms with van der Waals surface area (Å²) < 4.78 is 3.69. The second-order valence-electron chi connectivity index (χ2n) is 1.10. The number of thioether (sulfide) groups is 1. The maximum Gasteiger partial charge on any atom is 0.132 e. The zero-order chi connectivity index (χ0) is 5.82. The molecule has 1 aromatic rings. The number of hydrogen-bond donors (Lipinski definition) is 0. The number of nitrogens with zero attached hydrogens (tertiary/aromatic N) is 2. The largest absolute Gasteiger partial charge is 0.132 e. The first-order valence-electron chi connectivity index (χ1n) is 2.15. The lowest BCUT2D eigenvalue weighted by Crippen LogP contribution is -1.66. The summed E-state index contributed by atoms with van der Waals surface area (Å²) >= 11 is 2.97. The molecule has 0 aliphatic carbocycles. The highest BCUT2D eigenvalue weighted by molar-refractivity contribution is 8.01. The van der Waals surface area contributed by atoms with Crippen molar-refractivity contribution in [3.63, 3.8) is 0 Å². The van der Waals surface area contributed by atoms with Crippen LogP contribution in [0.4, 0.5) is 0 Å². The van der Waals surface area contributed by atoms with Crippen LogP contribution in [0.2, 0.25) is 0 Å². The van der Waals surface area contributed by atoms with Crippen molar-refractivity contribution in [2.45, 2.75) is 11.9 Å². The van der Waals surface area contributed by atoms with Crippen LogP contribution in [0.3, 0.4) is 0 Å². The third-order valence-electron chi connectivity index (χ3n) is 0.579. The van der Waals surface area contributed by atoms with E-state index in [1.165, 1.54) is 11.5 Å². The van der Waals surface area contributed by atoms with E-state index >= 15 is 0 Å². The van der Waals surface area contributed by atoms with Crippen molar-refractivity contribution in [1.29, 1.82) is 0 Å². The van der Waals surface area contributed by atoms with E-state index in [-0.39, 0.29) is 0 Å². The van der Waals surface area contributed by atoms with Gasteiger partial charge < -0.3 is 0 Å². The lowest BCUT2D eigenvalue weighted by molar-refractivity contribution is 1.04. The van der Waals surface area contributed by atoms with E-state index in [0.29, 0.717) is 0 Å². The maximum atomic E-state index is 3.81. The second-order valence-corrected chi connectivity index (χ2v) is 2.83. The van der Waals surface area contributed by atoms with Crippen molar-refractivity contribution in [3.05, 3.63) is 11.1 Å². The molecule has 0 aromatic carbocycles. The summed E-state index contributed by atoms with van der Waals surface area (Å²) in [5.41, 5.74) is 0. The molecule has 2 nitrogen and oxygen atoms in total. The van der Waals surface area contributed by atoms with Gasteiger partial charge in [-0.05, 0) is 11.5 Å². The van der Waals surface area contributed by atoms with E-state index in [2.05, 4.69) is 9.59 Å². The molecule has 0 spiro atoms. The highest BCUT2D eigenvalue weighted by Crippen LogP contribution is 2.17. The molecular formula is C4H5N2S2. The molecule has 1 heterocycles. The Morgan fingerprint density at radius 1 is 1.88 bits per heavy atom. The predicted molar refractivity (Wildman–Crippen MR) is 35.7 cm³/mol. The third kappa shape index (κ3) is 1.45. The molecule has 0 amide bonds. The van der Waals surface area contributed by atoms with Crippen molar-refractivity contribution < 1.29 is 0 Å². The predicted octanol–water partition coefficient (Wildman–Crippen LogP) is 1.81. The number of aromatic nitrogens is 2. The van der Waals surface area contributed by atoms with Gasteiger partial charge in [-0.15, -0.1) is 5.10 Å². The first-order valence-corrected chi connectivity index (χ1v) is 3.86. The van der Waals surface area contributed by atoms with Gasteiger partial charge in [0.1, 0.15) is 5.03 Å². The lowest BCUT2D eigenvalue weighted by atomic mass is 11.0. The van der Waals surface area contributed by atoms with Gasteiger partial charge >= 0.3 is 0 Å². The Morgan fingerprint density at radius 3 is 3.25 bits per heavy atom. The summed E-state index contributed by atoms with van der Waals surface area (Å²) in [6, 6.07) is 0. The standard InChI is InChI=1S/C4H5N2S2/c1-2-7-4-3-8-6-5-4/h2-3H,1H3. The molecular weight excluding hydrogens is 140 g/mol. The molecule has 0 aliphatic heterocycles. The quantitative estimate of drug-likeness (QED) is 0.593. The van der Waals surface area contributed by atoms with Crippen LogP contribution in [0.5, 0.6) is 0 Å². The van der Waals surface area contributed by atoms with E-state index in [9.17, 15) is 0 Å². The Morgan fingerprint density at radius 2 is 2.75 bits per heavy atom. The number of rotatable bonds is 2. The van der Waals surface area contributed by atoms with E-state index in [4.69, 9.17) is 0 Å². The van der Waals surface area contributed by atoms with E-state index in [1.807, 2.05) is 18.1 Å². The first kappa shape index (κ1) is 6.04. The SMILES string of the molecule is C[CH]Sc1csnn1. The first-order chi connectivity index (χ1) is 3.93. The van der Waals surface area contributed by atoms with Gasteiger partial charge in [-0.3, -0.25) is 0 Å². The summed E-state index contributed by atoms with van der Waals surface area (Å²) in [5, 5.41) is 6.71. The molecule has 0 aliphatic rings. The van der Waals surface area contributed by atoms with Crippen LogP contribution in [-0.2, 0) is 0 Å². The molecule has 0 N–H and O–H groups in total. The minimum Gasteiger partial charge on any atom is -0.132 e. The van der Waals surface area contributed by atoms with Crippen molar-refractivity contribution in [2.24, 2.45) is 0 Å². The average Bonchev–Trinajstić information content (AvgIpc) is 2.19. The van der Waals surface area contributed by atoms with E-state index in [0.717, 1.165) is 5.03 Å². The lowest BCUT2D eigenvalue weighted by Gasteiger charge is -1.82. The molecule has 0 saturated heterocycles. The van der Waals surface area contributed by atoms with Crippen molar-refractivity contribution in [2.75, 3.05) is 0 Å². The Labute approximate surface area is 56.5 Å². The van der Waals surface area contributed by atoms with Crippen LogP contribution in [0.1, 0.15) is 6.92 Å². The molecule has 0 bridgehead atoms. The molecule has 0 fully saturated rings. The van der Waals surface area contributed by atoms with E-state index in [1.54, 1.807) is 11.8 Å². The zero-order valence-electron chi connectivity index (χ0n) is 4.37. The molecule has 1 aromatic heterocycles. The molecule has 0 atom stereocenters. The van der Waals surface area contributed by atoms with Crippen LogP contribution in [-0.4, -0.2) is 9.59 Å². The topological polar surface area (TPSA) is 25.8 Å². The molecule has 4 heteroatoms. The van der Waals surface area contributed by atoms with Crippen molar-refractivity contribution >= 4 is 23.3 Å². The Kier molecular flexibility index (Phi) is 2.29. The molecule has 0 unspecified atom stereocenters. The smallest absolute Gasteiger partial charge is 0.132 e. The van der Waals surface area contributed by atoms with Crippen LogP contribution < -0.4 is 0 Å². The van der Waals surface area contributed by atoms with Gasteiger partial charge in [0.2, 0.25) is 0 Å². The fourth-order valence-electron chi connectivity index (χ4n) is 0.328. The normalized spacial score (nSPS) is 9.62. The minimum absolute atomic E-state index is 0.984. The molecule has 1 rings (SSSR count). The summed E-state index contributed by atoms with van der Waals surface area (Å²) in [4.78, 5) is 0. The highest BCUT2D eigenvalue weighted by Gasteiger charge is 1.91. The van der Waals surface area contributed by atoms with Gasteiger partial charge in [0, 0.05) is 11.1 Å². The molecule has 8 heavy (non-hydrogen) atoms. The molecule has 43 valence electrons. The summed E-state index contributed by atoms with van der Waals surface area (Å²) in [5.74, 6) is 1.98.